The van der Waals surface area contributed by atoms with Gasteiger partial charge in [0.05, 0.1) is 30.3 Å². The Balaban J connectivity index is 1.49. The molecule has 1 aromatic heterocycles. The van der Waals surface area contributed by atoms with Gasteiger partial charge in [0, 0.05) is 23.7 Å². The molecule has 2 heterocycles. The van der Waals surface area contributed by atoms with Crippen molar-refractivity contribution >= 4 is 44.4 Å². The molecule has 1 saturated heterocycles. The first-order valence-electron chi connectivity index (χ1n) is 11.4. The largest absolute Gasteiger partial charge is 0.493 e. The number of hydrogen-bond acceptors (Lipinski definition) is 8. The van der Waals surface area contributed by atoms with Crippen LogP contribution in [-0.2, 0) is 9.47 Å². The van der Waals surface area contributed by atoms with Crippen molar-refractivity contribution in [2.24, 2.45) is 0 Å². The minimum atomic E-state index is -0.569. The fourth-order valence-electron chi connectivity index (χ4n) is 3.64. The van der Waals surface area contributed by atoms with E-state index >= 15 is 0 Å². The predicted octanol–water partition coefficient (Wildman–Crippen LogP) is 5.30. The van der Waals surface area contributed by atoms with E-state index in [1.165, 1.54) is 19.5 Å². The number of nitrogens with one attached hydrogen (secondary N) is 1. The van der Waals surface area contributed by atoms with E-state index in [1.54, 1.807) is 29.2 Å². The van der Waals surface area contributed by atoms with E-state index in [-0.39, 0.29) is 24.6 Å². The number of amides is 1. The second-order valence-corrected chi connectivity index (χ2v) is 10.1. The summed E-state index contributed by atoms with van der Waals surface area (Å²) in [7, 11) is 1.54. The molecule has 0 bridgehead atoms. The van der Waals surface area contributed by atoms with Crippen LogP contribution in [0.1, 0.15) is 20.8 Å². The molecule has 0 saturated carbocycles. The Labute approximate surface area is 217 Å². The van der Waals surface area contributed by atoms with Crippen LogP contribution in [0.25, 0.3) is 10.9 Å². The number of anilines is 2. The molecule has 0 aliphatic carbocycles. The van der Waals surface area contributed by atoms with E-state index in [0.717, 1.165) is 0 Å². The van der Waals surface area contributed by atoms with Crippen molar-refractivity contribution in [3.8, 4) is 11.5 Å². The molecule has 0 radical (unpaired) electrons. The number of morpholine rings is 1. The van der Waals surface area contributed by atoms with Crippen LogP contribution < -0.4 is 14.8 Å². The Hall–Kier alpha value is -3.18. The normalized spacial score (nSPS) is 16.1. The molecule has 1 amide bonds. The summed E-state index contributed by atoms with van der Waals surface area (Å²) >= 11 is 3.15. The molecular formula is C25H28BrFN4O5. The quantitative estimate of drug-likeness (QED) is 0.432. The van der Waals surface area contributed by atoms with Crippen LogP contribution in [0.3, 0.4) is 0 Å². The van der Waals surface area contributed by atoms with Gasteiger partial charge in [0.1, 0.15) is 36.3 Å². The lowest BCUT2D eigenvalue weighted by molar-refractivity contribution is -0.0558. The molecule has 1 aliphatic heterocycles. The highest BCUT2D eigenvalue weighted by atomic mass is 79.9. The molecule has 192 valence electrons. The fourth-order valence-corrected chi connectivity index (χ4v) is 3.89. The van der Waals surface area contributed by atoms with Gasteiger partial charge >= 0.3 is 6.09 Å². The van der Waals surface area contributed by atoms with E-state index in [2.05, 4.69) is 31.2 Å². The number of fused-ring (bicyclic) bond motifs is 1. The number of aromatic nitrogens is 2. The molecule has 1 fully saturated rings. The van der Waals surface area contributed by atoms with E-state index in [0.29, 0.717) is 58.1 Å². The number of benzene rings is 2. The molecule has 9 nitrogen and oxygen atoms in total. The topological polar surface area (TPSA) is 95.0 Å². The first kappa shape index (κ1) is 25.9. The Kier molecular flexibility index (Phi) is 7.79. The van der Waals surface area contributed by atoms with Gasteiger partial charge in [-0.05, 0) is 61.0 Å². The third kappa shape index (κ3) is 6.33. The lowest BCUT2D eigenvalue weighted by Crippen LogP contribution is -2.49. The zero-order valence-electron chi connectivity index (χ0n) is 20.5. The third-order valence-corrected chi connectivity index (χ3v) is 5.96. The fraction of sp³-hybridized carbons (Fsp3) is 0.400. The van der Waals surface area contributed by atoms with E-state index in [9.17, 15) is 9.18 Å². The average molecular weight is 563 g/mol. The van der Waals surface area contributed by atoms with Crippen LogP contribution in [-0.4, -0.2) is 66.1 Å². The number of methoxy groups -OCH3 is 1. The number of nitrogens with zero attached hydrogens (tertiary/aromatic N) is 3. The Morgan fingerprint density at radius 3 is 2.78 bits per heavy atom. The number of halogens is 2. The van der Waals surface area contributed by atoms with Crippen molar-refractivity contribution in [3.05, 3.63) is 46.9 Å². The minimum absolute atomic E-state index is 0.204. The van der Waals surface area contributed by atoms with Crippen molar-refractivity contribution < 1.29 is 28.1 Å². The van der Waals surface area contributed by atoms with Gasteiger partial charge in [0.2, 0.25) is 0 Å². The van der Waals surface area contributed by atoms with Gasteiger partial charge in [-0.2, -0.15) is 0 Å². The predicted molar refractivity (Wildman–Crippen MR) is 137 cm³/mol. The molecule has 1 atom stereocenters. The minimum Gasteiger partial charge on any atom is -0.493 e. The van der Waals surface area contributed by atoms with Crippen LogP contribution in [0.2, 0.25) is 0 Å². The average Bonchev–Trinajstić information content (AvgIpc) is 2.84. The first-order valence-corrected chi connectivity index (χ1v) is 12.2. The summed E-state index contributed by atoms with van der Waals surface area (Å²) in [5.41, 5.74) is 0.584. The maximum Gasteiger partial charge on any atom is 0.410 e. The summed E-state index contributed by atoms with van der Waals surface area (Å²) in [6.45, 7) is 6.90. The highest BCUT2D eigenvalue weighted by Crippen LogP contribution is 2.35. The summed E-state index contributed by atoms with van der Waals surface area (Å²) in [6.07, 6.45) is 0.710. The number of carbonyl (C=O) groups is 1. The number of carbonyl (C=O) groups excluding carboxylic acids is 1. The Bertz CT molecular complexity index is 1250. The van der Waals surface area contributed by atoms with Gasteiger partial charge in [-0.3, -0.25) is 0 Å². The zero-order valence-corrected chi connectivity index (χ0v) is 22.1. The van der Waals surface area contributed by atoms with Gasteiger partial charge in [-0.15, -0.1) is 0 Å². The first-order chi connectivity index (χ1) is 17.1. The molecule has 4 rings (SSSR count). The SMILES string of the molecule is COc1cc2c(Nc3ccc(Br)c(F)c3)ncnc2cc1OC[C@H]1CN(C(=O)OC(C)(C)C)CCO1. The molecule has 2 aromatic carbocycles. The van der Waals surface area contributed by atoms with Crippen molar-refractivity contribution in [2.75, 3.05) is 38.7 Å². The highest BCUT2D eigenvalue weighted by Gasteiger charge is 2.28. The van der Waals surface area contributed by atoms with E-state index in [1.807, 2.05) is 20.8 Å². The Morgan fingerprint density at radius 1 is 1.25 bits per heavy atom. The molecule has 0 unspecified atom stereocenters. The molecule has 0 spiro atoms. The van der Waals surface area contributed by atoms with Crippen molar-refractivity contribution in [3.63, 3.8) is 0 Å². The highest BCUT2D eigenvalue weighted by molar-refractivity contribution is 9.10. The van der Waals surface area contributed by atoms with Crippen LogP contribution in [0.15, 0.2) is 41.1 Å². The standard InChI is InChI=1S/C25H28BrFN4O5/c1-25(2,3)36-24(32)31-7-8-34-16(12-31)13-35-22-11-20-17(10-21(22)33-4)23(29-14-28-20)30-15-5-6-18(26)19(27)9-15/h5-6,9-11,14,16H,7-8,12-13H2,1-4H3,(H,28,29,30)/t16-/m1/s1. The summed E-state index contributed by atoms with van der Waals surface area (Å²) < 4.78 is 37.2. The van der Waals surface area contributed by atoms with Gasteiger partial charge in [0.25, 0.3) is 0 Å². The van der Waals surface area contributed by atoms with Gasteiger partial charge in [0.15, 0.2) is 11.5 Å². The summed E-state index contributed by atoms with van der Waals surface area (Å²) in [4.78, 5) is 22.7. The number of ether oxygens (including phenoxy) is 4. The molecule has 11 heteroatoms. The van der Waals surface area contributed by atoms with E-state index in [4.69, 9.17) is 18.9 Å². The molecular weight excluding hydrogens is 535 g/mol. The number of hydrogen-bond donors (Lipinski definition) is 1. The van der Waals surface area contributed by atoms with Crippen LogP contribution >= 0.6 is 15.9 Å². The summed E-state index contributed by atoms with van der Waals surface area (Å²) in [5.74, 6) is 1.06. The monoisotopic (exact) mass is 562 g/mol. The van der Waals surface area contributed by atoms with Crippen molar-refractivity contribution in [1.29, 1.82) is 0 Å². The lowest BCUT2D eigenvalue weighted by Gasteiger charge is -2.34. The van der Waals surface area contributed by atoms with Crippen LogP contribution in [0, 0.1) is 5.82 Å². The van der Waals surface area contributed by atoms with Crippen LogP contribution in [0.4, 0.5) is 20.7 Å². The summed E-state index contributed by atoms with van der Waals surface area (Å²) in [6, 6.07) is 8.23. The van der Waals surface area contributed by atoms with Gasteiger partial charge in [-0.25, -0.2) is 19.2 Å². The lowest BCUT2D eigenvalue weighted by atomic mass is 10.2. The smallest absolute Gasteiger partial charge is 0.410 e. The van der Waals surface area contributed by atoms with Gasteiger partial charge < -0.3 is 29.2 Å². The Morgan fingerprint density at radius 2 is 2.06 bits per heavy atom. The maximum atomic E-state index is 14.0. The molecule has 1 aliphatic rings. The maximum absolute atomic E-state index is 14.0. The third-order valence-electron chi connectivity index (χ3n) is 5.32. The van der Waals surface area contributed by atoms with Crippen LogP contribution in [0.5, 0.6) is 11.5 Å². The summed E-state index contributed by atoms with van der Waals surface area (Å²) in [5, 5.41) is 3.80. The molecule has 1 N–H and O–H groups in total. The van der Waals surface area contributed by atoms with Gasteiger partial charge in [-0.1, -0.05) is 0 Å². The zero-order chi connectivity index (χ0) is 25.9. The van der Waals surface area contributed by atoms with Crippen molar-refractivity contribution in [1.82, 2.24) is 14.9 Å². The molecule has 36 heavy (non-hydrogen) atoms. The number of rotatable bonds is 6. The van der Waals surface area contributed by atoms with Crippen molar-refractivity contribution in [2.45, 2.75) is 32.5 Å². The second kappa shape index (κ2) is 10.8. The second-order valence-electron chi connectivity index (χ2n) is 9.23. The molecule has 3 aromatic rings. The van der Waals surface area contributed by atoms with E-state index < -0.39 is 5.60 Å².